The maximum Gasteiger partial charge on any atom is 0.186 e. The molecular formula is C7H11N3S. The molecule has 1 atom stereocenters. The summed E-state index contributed by atoms with van der Waals surface area (Å²) in [5.41, 5.74) is 10.5. The zero-order valence-electron chi connectivity index (χ0n) is 6.32. The number of hydrogen-bond acceptors (Lipinski definition) is 2. The van der Waals surface area contributed by atoms with Crippen LogP contribution in [0.1, 0.15) is 17.8 Å². The van der Waals surface area contributed by atoms with Crippen LogP contribution in [-0.4, -0.2) is 5.96 Å². The van der Waals surface area contributed by atoms with Crippen molar-refractivity contribution < 1.29 is 0 Å². The van der Waals surface area contributed by atoms with Gasteiger partial charge in [-0.2, -0.15) is 0 Å². The molecule has 4 N–H and O–H groups in total. The summed E-state index contributed by atoms with van der Waals surface area (Å²) in [6.07, 6.45) is 0. The van der Waals surface area contributed by atoms with E-state index < -0.39 is 0 Å². The van der Waals surface area contributed by atoms with Gasteiger partial charge in [-0.1, -0.05) is 6.07 Å². The molecule has 0 amide bonds. The van der Waals surface area contributed by atoms with Crippen molar-refractivity contribution in [2.45, 2.75) is 13.0 Å². The molecule has 0 spiro atoms. The van der Waals surface area contributed by atoms with E-state index in [9.17, 15) is 0 Å². The standard InChI is InChI=1S/C7H11N3S/c1-5(10-7(8)9)6-3-2-4-11-6/h2-5H,1H3,(H4,8,9,10). The first-order valence-corrected chi connectivity index (χ1v) is 4.20. The molecule has 60 valence electrons. The molecule has 1 unspecified atom stereocenters. The molecule has 1 aromatic rings. The fourth-order valence-corrected chi connectivity index (χ4v) is 1.54. The fourth-order valence-electron chi connectivity index (χ4n) is 0.816. The molecule has 0 saturated heterocycles. The van der Waals surface area contributed by atoms with Crippen LogP contribution in [-0.2, 0) is 0 Å². The zero-order valence-corrected chi connectivity index (χ0v) is 7.14. The summed E-state index contributed by atoms with van der Waals surface area (Å²) in [5, 5.41) is 2.01. The summed E-state index contributed by atoms with van der Waals surface area (Å²) in [4.78, 5) is 5.18. The molecule has 0 aliphatic carbocycles. The second-order valence-electron chi connectivity index (χ2n) is 2.25. The van der Waals surface area contributed by atoms with Crippen LogP contribution in [0.15, 0.2) is 22.5 Å². The number of hydrogen-bond donors (Lipinski definition) is 2. The average molecular weight is 169 g/mol. The van der Waals surface area contributed by atoms with Gasteiger partial charge in [-0.15, -0.1) is 11.3 Å². The van der Waals surface area contributed by atoms with E-state index in [1.165, 1.54) is 4.88 Å². The molecule has 0 bridgehead atoms. The van der Waals surface area contributed by atoms with Gasteiger partial charge in [-0.25, -0.2) is 4.99 Å². The maximum absolute atomic E-state index is 5.23. The Morgan fingerprint density at radius 2 is 2.36 bits per heavy atom. The highest BCUT2D eigenvalue weighted by molar-refractivity contribution is 7.10. The van der Waals surface area contributed by atoms with Crippen molar-refractivity contribution >= 4 is 17.3 Å². The molecule has 4 heteroatoms. The average Bonchev–Trinajstić information content (AvgIpc) is 2.35. The molecule has 1 aromatic heterocycles. The van der Waals surface area contributed by atoms with Crippen molar-refractivity contribution in [2.75, 3.05) is 0 Å². The second-order valence-corrected chi connectivity index (χ2v) is 3.22. The molecule has 1 rings (SSSR count). The Kier molecular flexibility index (Phi) is 2.48. The molecule has 0 aliphatic heterocycles. The lowest BCUT2D eigenvalue weighted by molar-refractivity contribution is 0.835. The van der Waals surface area contributed by atoms with E-state index in [0.717, 1.165) is 0 Å². The third-order valence-electron chi connectivity index (χ3n) is 1.30. The van der Waals surface area contributed by atoms with E-state index in [0.29, 0.717) is 0 Å². The van der Waals surface area contributed by atoms with Crippen LogP contribution in [0.4, 0.5) is 0 Å². The minimum atomic E-state index is 0.0833. The molecule has 11 heavy (non-hydrogen) atoms. The highest BCUT2D eigenvalue weighted by atomic mass is 32.1. The summed E-state index contributed by atoms with van der Waals surface area (Å²) in [7, 11) is 0. The van der Waals surface area contributed by atoms with E-state index in [1.807, 2.05) is 24.4 Å². The van der Waals surface area contributed by atoms with Crippen molar-refractivity contribution in [3.63, 3.8) is 0 Å². The van der Waals surface area contributed by atoms with E-state index in [1.54, 1.807) is 11.3 Å². The highest BCUT2D eigenvalue weighted by Crippen LogP contribution is 2.20. The van der Waals surface area contributed by atoms with Gasteiger partial charge in [0.05, 0.1) is 6.04 Å². The van der Waals surface area contributed by atoms with Gasteiger partial charge in [0, 0.05) is 4.88 Å². The number of nitrogens with zero attached hydrogens (tertiary/aromatic N) is 1. The molecule has 0 radical (unpaired) electrons. The summed E-state index contributed by atoms with van der Waals surface area (Å²) in [5.74, 6) is 0.144. The van der Waals surface area contributed by atoms with Crippen LogP contribution in [0.5, 0.6) is 0 Å². The largest absolute Gasteiger partial charge is 0.370 e. The summed E-state index contributed by atoms with van der Waals surface area (Å²) in [6.45, 7) is 1.96. The number of guanidine groups is 1. The van der Waals surface area contributed by atoms with Crippen LogP contribution >= 0.6 is 11.3 Å². The third-order valence-corrected chi connectivity index (χ3v) is 2.34. The molecule has 1 heterocycles. The molecule has 0 saturated carbocycles. The predicted octanol–water partition coefficient (Wildman–Crippen LogP) is 1.08. The van der Waals surface area contributed by atoms with Crippen molar-refractivity contribution in [3.05, 3.63) is 22.4 Å². The van der Waals surface area contributed by atoms with E-state index in [2.05, 4.69) is 4.99 Å². The Bertz CT molecular complexity index is 236. The van der Waals surface area contributed by atoms with Crippen molar-refractivity contribution in [1.82, 2.24) is 0 Å². The topological polar surface area (TPSA) is 64.4 Å². The Morgan fingerprint density at radius 1 is 1.64 bits per heavy atom. The lowest BCUT2D eigenvalue weighted by atomic mass is 10.3. The summed E-state index contributed by atoms with van der Waals surface area (Å²) >= 11 is 1.65. The van der Waals surface area contributed by atoms with Crippen LogP contribution in [0.2, 0.25) is 0 Å². The molecular weight excluding hydrogens is 158 g/mol. The minimum Gasteiger partial charge on any atom is -0.370 e. The van der Waals surface area contributed by atoms with Crippen molar-refractivity contribution in [3.8, 4) is 0 Å². The number of rotatable bonds is 2. The van der Waals surface area contributed by atoms with Crippen molar-refractivity contribution in [1.29, 1.82) is 0 Å². The smallest absolute Gasteiger partial charge is 0.186 e. The number of nitrogens with two attached hydrogens (primary N) is 2. The van der Waals surface area contributed by atoms with Gasteiger partial charge in [0.1, 0.15) is 0 Å². The van der Waals surface area contributed by atoms with E-state index >= 15 is 0 Å². The van der Waals surface area contributed by atoms with Gasteiger partial charge in [-0.05, 0) is 18.4 Å². The molecule has 0 aromatic carbocycles. The quantitative estimate of drug-likeness (QED) is 0.514. The molecule has 0 fully saturated rings. The van der Waals surface area contributed by atoms with Gasteiger partial charge in [0.2, 0.25) is 0 Å². The molecule has 3 nitrogen and oxygen atoms in total. The minimum absolute atomic E-state index is 0.0833. The third kappa shape index (κ3) is 2.23. The fraction of sp³-hybridized carbons (Fsp3) is 0.286. The normalized spacial score (nSPS) is 12.5. The molecule has 0 aliphatic rings. The first kappa shape index (κ1) is 8.07. The Labute approximate surface area is 69.7 Å². The lowest BCUT2D eigenvalue weighted by Crippen LogP contribution is -2.23. The van der Waals surface area contributed by atoms with Gasteiger partial charge in [0.25, 0.3) is 0 Å². The predicted molar refractivity (Wildman–Crippen MR) is 48.5 cm³/mol. The Balaban J connectivity index is 2.71. The second kappa shape index (κ2) is 3.39. The van der Waals surface area contributed by atoms with Crippen LogP contribution < -0.4 is 11.5 Å². The Morgan fingerprint density at radius 3 is 2.82 bits per heavy atom. The summed E-state index contributed by atoms with van der Waals surface area (Å²) in [6, 6.07) is 4.08. The first-order valence-electron chi connectivity index (χ1n) is 3.32. The van der Waals surface area contributed by atoms with Gasteiger partial charge in [0.15, 0.2) is 5.96 Å². The first-order chi connectivity index (χ1) is 5.20. The lowest BCUT2D eigenvalue weighted by Gasteiger charge is -2.01. The maximum atomic E-state index is 5.23. The SMILES string of the molecule is CC(N=C(N)N)c1cccs1. The van der Waals surface area contributed by atoms with E-state index in [-0.39, 0.29) is 12.0 Å². The van der Waals surface area contributed by atoms with Gasteiger partial charge < -0.3 is 11.5 Å². The van der Waals surface area contributed by atoms with Crippen LogP contribution in [0.3, 0.4) is 0 Å². The van der Waals surface area contributed by atoms with Crippen molar-refractivity contribution in [2.24, 2.45) is 16.5 Å². The zero-order chi connectivity index (χ0) is 8.27. The van der Waals surface area contributed by atoms with E-state index in [4.69, 9.17) is 11.5 Å². The Hall–Kier alpha value is -1.03. The monoisotopic (exact) mass is 169 g/mol. The van der Waals surface area contributed by atoms with Gasteiger partial charge >= 0.3 is 0 Å². The van der Waals surface area contributed by atoms with Crippen LogP contribution in [0.25, 0.3) is 0 Å². The van der Waals surface area contributed by atoms with Crippen LogP contribution in [0, 0.1) is 0 Å². The summed E-state index contributed by atoms with van der Waals surface area (Å²) < 4.78 is 0. The van der Waals surface area contributed by atoms with Gasteiger partial charge in [-0.3, -0.25) is 0 Å². The highest BCUT2D eigenvalue weighted by Gasteiger charge is 2.02. The number of aliphatic imine (C=N–C) groups is 1. The number of thiophene rings is 1.